The molecule has 128 valence electrons. The number of nitrogens with two attached hydrogens (primary N) is 1. The van der Waals surface area contributed by atoms with Crippen LogP contribution in [-0.4, -0.2) is 22.8 Å². The molecule has 1 aromatic carbocycles. The summed E-state index contributed by atoms with van der Waals surface area (Å²) in [4.78, 5) is 25.4. The van der Waals surface area contributed by atoms with Crippen molar-refractivity contribution >= 4 is 5.82 Å². The molecule has 0 unspecified atom stereocenters. The van der Waals surface area contributed by atoms with Crippen molar-refractivity contribution in [3.8, 4) is 11.5 Å². The van der Waals surface area contributed by atoms with Gasteiger partial charge < -0.3 is 15.2 Å². The van der Waals surface area contributed by atoms with Crippen LogP contribution >= 0.6 is 0 Å². The molecule has 0 saturated heterocycles. The normalized spacial score (nSPS) is 14.7. The van der Waals surface area contributed by atoms with E-state index in [2.05, 4.69) is 4.98 Å². The highest BCUT2D eigenvalue weighted by Crippen LogP contribution is 2.32. The largest absolute Gasteiger partial charge is 0.493 e. The van der Waals surface area contributed by atoms with E-state index < -0.39 is 11.2 Å². The number of nitrogen functional groups attached to an aromatic ring is 1. The zero-order valence-corrected chi connectivity index (χ0v) is 13.6. The number of hydrogen-bond acceptors (Lipinski definition) is 5. The van der Waals surface area contributed by atoms with Gasteiger partial charge in [0.1, 0.15) is 5.82 Å². The molecule has 1 fully saturated rings. The fourth-order valence-corrected chi connectivity index (χ4v) is 2.98. The number of benzene rings is 1. The molecule has 0 aliphatic heterocycles. The van der Waals surface area contributed by atoms with Crippen LogP contribution in [0, 0.1) is 0 Å². The summed E-state index contributed by atoms with van der Waals surface area (Å²) < 4.78 is 12.7. The average Bonchev–Trinajstić information content (AvgIpc) is 3.04. The van der Waals surface area contributed by atoms with Crippen molar-refractivity contribution in [2.24, 2.45) is 0 Å². The Morgan fingerprint density at radius 1 is 1.21 bits per heavy atom. The Morgan fingerprint density at radius 2 is 1.96 bits per heavy atom. The minimum absolute atomic E-state index is 0.123. The maximum absolute atomic E-state index is 11.9. The average molecular weight is 331 g/mol. The third kappa shape index (κ3) is 3.45. The quantitative estimate of drug-likeness (QED) is 0.865. The molecule has 1 aliphatic carbocycles. The Kier molecular flexibility index (Phi) is 4.59. The number of anilines is 1. The molecule has 1 saturated carbocycles. The van der Waals surface area contributed by atoms with Gasteiger partial charge in [0.05, 0.1) is 19.8 Å². The van der Waals surface area contributed by atoms with Crippen molar-refractivity contribution in [2.45, 2.75) is 38.3 Å². The zero-order valence-electron chi connectivity index (χ0n) is 13.6. The van der Waals surface area contributed by atoms with Gasteiger partial charge in [0.2, 0.25) is 0 Å². The molecule has 1 aromatic heterocycles. The standard InChI is InChI=1S/C17H21N3O4/c1-23-13-7-6-11(8-14(13)24-12-4-2-3-5-12)10-20-15(18)9-16(21)19-17(20)22/h6-9,12H,2-5,10,18H2,1H3,(H,19,21,22). The Labute approximate surface area is 139 Å². The summed E-state index contributed by atoms with van der Waals surface area (Å²) >= 11 is 0. The Bertz CT molecular complexity index is 834. The molecular formula is C17H21N3O4. The van der Waals surface area contributed by atoms with Crippen LogP contribution in [-0.2, 0) is 6.54 Å². The lowest BCUT2D eigenvalue weighted by atomic mass is 10.2. The van der Waals surface area contributed by atoms with E-state index in [4.69, 9.17) is 15.2 Å². The first kappa shape index (κ1) is 16.2. The van der Waals surface area contributed by atoms with Gasteiger partial charge in [-0.15, -0.1) is 0 Å². The number of ether oxygens (including phenoxy) is 2. The van der Waals surface area contributed by atoms with E-state index in [9.17, 15) is 9.59 Å². The minimum atomic E-state index is -0.533. The van der Waals surface area contributed by atoms with Crippen molar-refractivity contribution in [2.75, 3.05) is 12.8 Å². The van der Waals surface area contributed by atoms with Crippen molar-refractivity contribution in [1.82, 2.24) is 9.55 Å². The van der Waals surface area contributed by atoms with Crippen molar-refractivity contribution in [3.05, 3.63) is 50.7 Å². The monoisotopic (exact) mass is 331 g/mol. The molecule has 2 aromatic rings. The maximum Gasteiger partial charge on any atom is 0.330 e. The lowest BCUT2D eigenvalue weighted by molar-refractivity contribution is 0.200. The van der Waals surface area contributed by atoms with Crippen LogP contribution in [0.3, 0.4) is 0 Å². The number of aromatic amines is 1. The Hall–Kier alpha value is -2.70. The number of nitrogens with zero attached hydrogens (tertiary/aromatic N) is 1. The molecule has 0 atom stereocenters. The van der Waals surface area contributed by atoms with Gasteiger partial charge in [-0.2, -0.15) is 0 Å². The van der Waals surface area contributed by atoms with Crippen LogP contribution < -0.4 is 26.5 Å². The number of methoxy groups -OCH3 is 1. The third-order valence-corrected chi connectivity index (χ3v) is 4.23. The highest BCUT2D eigenvalue weighted by molar-refractivity contribution is 5.43. The number of nitrogens with one attached hydrogen (secondary N) is 1. The van der Waals surface area contributed by atoms with Crippen LogP contribution in [0.25, 0.3) is 0 Å². The molecule has 1 heterocycles. The summed E-state index contributed by atoms with van der Waals surface area (Å²) in [5, 5.41) is 0. The first-order valence-corrected chi connectivity index (χ1v) is 8.00. The molecule has 3 N–H and O–H groups in total. The van der Waals surface area contributed by atoms with Crippen LogP contribution in [0.4, 0.5) is 5.82 Å². The lowest BCUT2D eigenvalue weighted by Gasteiger charge is -2.17. The fourth-order valence-electron chi connectivity index (χ4n) is 2.98. The van der Waals surface area contributed by atoms with Crippen molar-refractivity contribution in [1.29, 1.82) is 0 Å². The molecule has 0 amide bonds. The van der Waals surface area contributed by atoms with Crippen LogP contribution in [0.15, 0.2) is 33.9 Å². The summed E-state index contributed by atoms with van der Waals surface area (Å²) in [6.07, 6.45) is 4.64. The Morgan fingerprint density at radius 3 is 2.62 bits per heavy atom. The van der Waals surface area contributed by atoms with E-state index >= 15 is 0 Å². The van der Waals surface area contributed by atoms with Gasteiger partial charge in [-0.05, 0) is 43.4 Å². The highest BCUT2D eigenvalue weighted by atomic mass is 16.5. The summed E-state index contributed by atoms with van der Waals surface area (Å²) in [7, 11) is 1.60. The maximum atomic E-state index is 11.9. The van der Waals surface area contributed by atoms with E-state index in [0.717, 1.165) is 18.4 Å². The molecule has 7 heteroatoms. The van der Waals surface area contributed by atoms with Crippen LogP contribution in [0.5, 0.6) is 11.5 Å². The van der Waals surface area contributed by atoms with Crippen molar-refractivity contribution < 1.29 is 9.47 Å². The van der Waals surface area contributed by atoms with Gasteiger partial charge >= 0.3 is 5.69 Å². The second kappa shape index (κ2) is 6.82. The summed E-state index contributed by atoms with van der Waals surface area (Å²) in [6, 6.07) is 6.71. The molecule has 0 bridgehead atoms. The predicted molar refractivity (Wildman–Crippen MR) is 90.7 cm³/mol. The topological polar surface area (TPSA) is 99.3 Å². The predicted octanol–water partition coefficient (Wildman–Crippen LogP) is 1.50. The lowest BCUT2D eigenvalue weighted by Crippen LogP contribution is -2.31. The van der Waals surface area contributed by atoms with Gasteiger partial charge in [0, 0.05) is 6.07 Å². The van der Waals surface area contributed by atoms with E-state index in [1.807, 2.05) is 18.2 Å². The molecular weight excluding hydrogens is 310 g/mol. The smallest absolute Gasteiger partial charge is 0.330 e. The minimum Gasteiger partial charge on any atom is -0.493 e. The highest BCUT2D eigenvalue weighted by Gasteiger charge is 2.18. The number of aromatic nitrogens is 2. The summed E-state index contributed by atoms with van der Waals surface area (Å²) in [5.41, 5.74) is 5.58. The van der Waals surface area contributed by atoms with Gasteiger partial charge in [-0.1, -0.05) is 6.07 Å². The molecule has 3 rings (SSSR count). The molecule has 1 aliphatic rings. The SMILES string of the molecule is COc1ccc(Cn2c(N)cc(=O)[nH]c2=O)cc1OC1CCCC1. The zero-order chi connectivity index (χ0) is 17.1. The summed E-state index contributed by atoms with van der Waals surface area (Å²) in [5.74, 6) is 1.45. The van der Waals surface area contributed by atoms with E-state index in [0.29, 0.717) is 11.5 Å². The third-order valence-electron chi connectivity index (χ3n) is 4.23. The molecule has 0 radical (unpaired) electrons. The van der Waals surface area contributed by atoms with Crippen LogP contribution in [0.1, 0.15) is 31.2 Å². The van der Waals surface area contributed by atoms with Gasteiger partial charge in [0.25, 0.3) is 5.56 Å². The number of H-pyrrole nitrogens is 1. The first-order chi connectivity index (χ1) is 11.6. The van der Waals surface area contributed by atoms with Crippen molar-refractivity contribution in [3.63, 3.8) is 0 Å². The molecule has 24 heavy (non-hydrogen) atoms. The van der Waals surface area contributed by atoms with Gasteiger partial charge in [-0.25, -0.2) is 4.79 Å². The number of hydrogen-bond donors (Lipinski definition) is 2. The van der Waals surface area contributed by atoms with Crippen LogP contribution in [0.2, 0.25) is 0 Å². The number of rotatable bonds is 5. The summed E-state index contributed by atoms with van der Waals surface area (Å²) in [6.45, 7) is 0.243. The van der Waals surface area contributed by atoms with E-state index in [1.165, 1.54) is 23.5 Å². The first-order valence-electron chi connectivity index (χ1n) is 8.00. The van der Waals surface area contributed by atoms with E-state index in [-0.39, 0.29) is 18.5 Å². The second-order valence-electron chi connectivity index (χ2n) is 5.96. The Balaban J connectivity index is 1.88. The molecule has 7 nitrogen and oxygen atoms in total. The van der Waals surface area contributed by atoms with E-state index in [1.54, 1.807) is 7.11 Å². The fraction of sp³-hybridized carbons (Fsp3) is 0.412. The molecule has 0 spiro atoms. The van der Waals surface area contributed by atoms with Gasteiger partial charge in [0.15, 0.2) is 11.5 Å². The second-order valence-corrected chi connectivity index (χ2v) is 5.96. The van der Waals surface area contributed by atoms with Gasteiger partial charge in [-0.3, -0.25) is 14.3 Å².